The highest BCUT2D eigenvalue weighted by Crippen LogP contribution is 2.20. The summed E-state index contributed by atoms with van der Waals surface area (Å²) in [6.45, 7) is 3.40. The second-order valence-electron chi connectivity index (χ2n) is 7.98. The molecule has 0 atom stereocenters. The Labute approximate surface area is 201 Å². The van der Waals surface area contributed by atoms with Crippen LogP contribution in [0.1, 0.15) is 17.9 Å². The van der Waals surface area contributed by atoms with Gasteiger partial charge in [0.05, 0.1) is 0 Å². The second kappa shape index (κ2) is 10.6. The third-order valence-corrected chi connectivity index (χ3v) is 5.85. The van der Waals surface area contributed by atoms with Crippen molar-refractivity contribution in [1.29, 1.82) is 0 Å². The SMILES string of the molecule is Cc1cc(-c2noc(CCC(=O)N3CCN(C(=O)COc4ccc(Cl)cc4)CC3)n2)ccc1F. The molecule has 1 aliphatic heterocycles. The fourth-order valence-electron chi connectivity index (χ4n) is 3.60. The number of carbonyl (C=O) groups is 2. The Balaban J connectivity index is 1.21. The van der Waals surface area contributed by atoms with Crippen molar-refractivity contribution in [3.8, 4) is 17.1 Å². The van der Waals surface area contributed by atoms with E-state index < -0.39 is 0 Å². The van der Waals surface area contributed by atoms with E-state index in [-0.39, 0.29) is 30.7 Å². The van der Waals surface area contributed by atoms with E-state index >= 15 is 0 Å². The fourth-order valence-corrected chi connectivity index (χ4v) is 3.73. The van der Waals surface area contributed by atoms with Gasteiger partial charge in [0.1, 0.15) is 11.6 Å². The highest BCUT2D eigenvalue weighted by Gasteiger charge is 2.24. The first-order valence-electron chi connectivity index (χ1n) is 10.9. The van der Waals surface area contributed by atoms with E-state index in [9.17, 15) is 14.0 Å². The van der Waals surface area contributed by atoms with Crippen LogP contribution in [0.4, 0.5) is 4.39 Å². The molecule has 0 saturated carbocycles. The van der Waals surface area contributed by atoms with Crippen LogP contribution in [0.2, 0.25) is 5.02 Å². The largest absolute Gasteiger partial charge is 0.484 e. The zero-order valence-corrected chi connectivity index (χ0v) is 19.4. The van der Waals surface area contributed by atoms with Gasteiger partial charge in [-0.05, 0) is 55.0 Å². The van der Waals surface area contributed by atoms with Crippen molar-refractivity contribution in [2.45, 2.75) is 19.8 Å². The number of nitrogens with zero attached hydrogens (tertiary/aromatic N) is 4. The Morgan fingerprint density at radius 3 is 2.41 bits per heavy atom. The average molecular weight is 487 g/mol. The van der Waals surface area contributed by atoms with Gasteiger partial charge in [-0.1, -0.05) is 16.8 Å². The molecule has 1 aliphatic rings. The predicted molar refractivity (Wildman–Crippen MR) is 123 cm³/mol. The number of aromatic nitrogens is 2. The first-order chi connectivity index (χ1) is 16.4. The summed E-state index contributed by atoms with van der Waals surface area (Å²) in [5.74, 6) is 0.814. The van der Waals surface area contributed by atoms with Crippen LogP contribution in [0.3, 0.4) is 0 Å². The molecule has 0 unspecified atom stereocenters. The van der Waals surface area contributed by atoms with Crippen molar-refractivity contribution >= 4 is 23.4 Å². The molecule has 0 radical (unpaired) electrons. The van der Waals surface area contributed by atoms with Gasteiger partial charge >= 0.3 is 0 Å². The molecule has 0 spiro atoms. The Morgan fingerprint density at radius 2 is 1.74 bits per heavy atom. The maximum atomic E-state index is 13.5. The molecule has 1 fully saturated rings. The fraction of sp³-hybridized carbons (Fsp3) is 0.333. The van der Waals surface area contributed by atoms with Crippen molar-refractivity contribution in [2.24, 2.45) is 0 Å². The molecule has 34 heavy (non-hydrogen) atoms. The minimum atomic E-state index is -0.297. The molecule has 2 heterocycles. The van der Waals surface area contributed by atoms with Gasteiger partial charge in [-0.3, -0.25) is 9.59 Å². The van der Waals surface area contributed by atoms with Crippen LogP contribution in [-0.4, -0.2) is 64.5 Å². The number of amides is 2. The predicted octanol–water partition coefficient (Wildman–Crippen LogP) is 3.52. The first-order valence-corrected chi connectivity index (χ1v) is 11.3. The molecule has 178 valence electrons. The summed E-state index contributed by atoms with van der Waals surface area (Å²) in [7, 11) is 0. The Kier molecular flexibility index (Phi) is 7.42. The lowest BCUT2D eigenvalue weighted by Crippen LogP contribution is -2.51. The van der Waals surface area contributed by atoms with Crippen LogP contribution in [0.25, 0.3) is 11.4 Å². The van der Waals surface area contributed by atoms with Crippen molar-refractivity contribution in [3.63, 3.8) is 0 Å². The zero-order chi connectivity index (χ0) is 24.1. The minimum absolute atomic E-state index is 0.0399. The van der Waals surface area contributed by atoms with E-state index in [4.69, 9.17) is 20.9 Å². The minimum Gasteiger partial charge on any atom is -0.484 e. The summed E-state index contributed by atoms with van der Waals surface area (Å²) < 4.78 is 24.2. The van der Waals surface area contributed by atoms with Gasteiger partial charge in [-0.2, -0.15) is 4.98 Å². The van der Waals surface area contributed by atoms with E-state index in [0.29, 0.717) is 66.2 Å². The topological polar surface area (TPSA) is 88.8 Å². The van der Waals surface area contributed by atoms with Crippen LogP contribution in [-0.2, 0) is 16.0 Å². The average Bonchev–Trinajstić information content (AvgIpc) is 3.33. The van der Waals surface area contributed by atoms with Crippen LogP contribution >= 0.6 is 11.6 Å². The standard InChI is InChI=1S/C24H24ClFN4O4/c1-16-14-17(2-7-20(16)26)24-27-21(34-28-24)8-9-22(31)29-10-12-30(13-11-29)23(32)15-33-19-5-3-18(25)4-6-19/h2-7,14H,8-13,15H2,1H3. The molecule has 1 aromatic heterocycles. The van der Waals surface area contributed by atoms with Crippen LogP contribution in [0, 0.1) is 12.7 Å². The lowest BCUT2D eigenvalue weighted by Gasteiger charge is -2.34. The van der Waals surface area contributed by atoms with Crippen molar-refractivity contribution in [1.82, 2.24) is 19.9 Å². The molecule has 2 aromatic carbocycles. The third-order valence-electron chi connectivity index (χ3n) is 5.60. The summed E-state index contributed by atoms with van der Waals surface area (Å²) >= 11 is 5.84. The molecule has 4 rings (SSSR count). The molecular weight excluding hydrogens is 463 g/mol. The molecule has 2 amide bonds. The molecule has 0 N–H and O–H groups in total. The van der Waals surface area contributed by atoms with Gasteiger partial charge < -0.3 is 19.1 Å². The second-order valence-corrected chi connectivity index (χ2v) is 8.42. The number of ether oxygens (including phenoxy) is 1. The van der Waals surface area contributed by atoms with Crippen molar-refractivity contribution < 1.29 is 23.2 Å². The summed E-state index contributed by atoms with van der Waals surface area (Å²) in [5, 5.41) is 4.52. The van der Waals surface area contributed by atoms with Gasteiger partial charge in [-0.25, -0.2) is 4.39 Å². The number of rotatable bonds is 7. The summed E-state index contributed by atoms with van der Waals surface area (Å²) in [4.78, 5) is 32.7. The van der Waals surface area contributed by atoms with Crippen LogP contribution in [0.15, 0.2) is 47.0 Å². The Morgan fingerprint density at radius 1 is 1.06 bits per heavy atom. The first kappa shape index (κ1) is 23.7. The van der Waals surface area contributed by atoms with E-state index in [1.54, 1.807) is 53.1 Å². The maximum absolute atomic E-state index is 13.5. The molecular formula is C24H24ClFN4O4. The number of hydrogen-bond acceptors (Lipinski definition) is 6. The van der Waals surface area contributed by atoms with Gasteiger partial charge in [0.25, 0.3) is 5.91 Å². The Bertz CT molecular complexity index is 1160. The highest BCUT2D eigenvalue weighted by molar-refractivity contribution is 6.30. The molecule has 1 saturated heterocycles. The number of benzene rings is 2. The number of carbonyl (C=O) groups excluding carboxylic acids is 2. The van der Waals surface area contributed by atoms with E-state index in [2.05, 4.69) is 10.1 Å². The number of hydrogen-bond donors (Lipinski definition) is 0. The van der Waals surface area contributed by atoms with Gasteiger partial charge in [0.15, 0.2) is 6.61 Å². The quantitative estimate of drug-likeness (QED) is 0.507. The van der Waals surface area contributed by atoms with Crippen molar-refractivity contribution in [3.05, 3.63) is 64.8 Å². The van der Waals surface area contributed by atoms with Crippen molar-refractivity contribution in [2.75, 3.05) is 32.8 Å². The molecule has 0 aliphatic carbocycles. The van der Waals surface area contributed by atoms with Crippen LogP contribution in [0.5, 0.6) is 5.75 Å². The number of piperazine rings is 1. The zero-order valence-electron chi connectivity index (χ0n) is 18.7. The maximum Gasteiger partial charge on any atom is 0.260 e. The molecule has 0 bridgehead atoms. The van der Waals surface area contributed by atoms with Gasteiger partial charge in [0, 0.05) is 49.6 Å². The van der Waals surface area contributed by atoms with E-state index in [1.807, 2.05) is 0 Å². The summed E-state index contributed by atoms with van der Waals surface area (Å²) in [6, 6.07) is 11.4. The third kappa shape index (κ3) is 5.91. The lowest BCUT2D eigenvalue weighted by atomic mass is 10.1. The molecule has 10 heteroatoms. The molecule has 3 aromatic rings. The highest BCUT2D eigenvalue weighted by atomic mass is 35.5. The lowest BCUT2D eigenvalue weighted by molar-refractivity contribution is -0.140. The normalized spacial score (nSPS) is 13.7. The summed E-state index contributed by atoms with van der Waals surface area (Å²) in [6.07, 6.45) is 0.526. The van der Waals surface area contributed by atoms with Gasteiger partial charge in [0.2, 0.25) is 17.6 Å². The smallest absolute Gasteiger partial charge is 0.260 e. The van der Waals surface area contributed by atoms with E-state index in [0.717, 1.165) is 0 Å². The molecule has 8 nitrogen and oxygen atoms in total. The number of aryl methyl sites for hydroxylation is 2. The van der Waals surface area contributed by atoms with E-state index in [1.165, 1.54) is 6.07 Å². The summed E-state index contributed by atoms with van der Waals surface area (Å²) in [5.41, 5.74) is 1.15. The van der Waals surface area contributed by atoms with Crippen LogP contribution < -0.4 is 4.74 Å². The monoisotopic (exact) mass is 486 g/mol. The Hall–Kier alpha value is -3.46. The number of halogens is 2. The van der Waals surface area contributed by atoms with Gasteiger partial charge in [-0.15, -0.1) is 0 Å².